The van der Waals surface area contributed by atoms with Gasteiger partial charge in [0.25, 0.3) is 0 Å². The quantitative estimate of drug-likeness (QED) is 0.653. The zero-order valence-corrected chi connectivity index (χ0v) is 6.96. The number of nitrogens with one attached hydrogen (secondary N) is 1. The topological polar surface area (TPSA) is 12.0 Å². The highest BCUT2D eigenvalue weighted by Gasteiger charge is 2.08. The molecule has 0 aromatic rings. The van der Waals surface area contributed by atoms with E-state index < -0.39 is 6.17 Å². The zero-order valence-electron chi connectivity index (χ0n) is 6.15. The normalized spacial score (nSPS) is 13.0. The lowest BCUT2D eigenvalue weighted by molar-refractivity contribution is 0.251. The number of rotatable bonds is 3. The van der Waals surface area contributed by atoms with Gasteiger partial charge in [-0.3, -0.25) is 0 Å². The van der Waals surface area contributed by atoms with Crippen molar-refractivity contribution in [2.24, 2.45) is 5.92 Å². The van der Waals surface area contributed by atoms with Crippen LogP contribution in [-0.4, -0.2) is 19.8 Å². The Bertz CT molecular complexity index is 59.0. The van der Waals surface area contributed by atoms with E-state index in [1.54, 1.807) is 7.05 Å². The molecule has 0 heterocycles. The minimum absolute atomic E-state index is 0. The SMILES string of the molecule is CNCC(F)C(C)C.Cl. The van der Waals surface area contributed by atoms with E-state index >= 15 is 0 Å². The Morgan fingerprint density at radius 2 is 1.89 bits per heavy atom. The van der Waals surface area contributed by atoms with Crippen LogP contribution in [0.2, 0.25) is 0 Å². The van der Waals surface area contributed by atoms with Crippen molar-refractivity contribution < 1.29 is 4.39 Å². The molecule has 9 heavy (non-hydrogen) atoms. The fourth-order valence-electron chi connectivity index (χ4n) is 0.431. The molecular formula is C6H15ClFN. The van der Waals surface area contributed by atoms with Crippen LogP contribution in [0, 0.1) is 5.92 Å². The van der Waals surface area contributed by atoms with Gasteiger partial charge in [0.15, 0.2) is 0 Å². The first-order valence-electron chi connectivity index (χ1n) is 2.97. The summed E-state index contributed by atoms with van der Waals surface area (Å²) in [7, 11) is 1.76. The molecule has 0 spiro atoms. The fraction of sp³-hybridized carbons (Fsp3) is 1.00. The first-order chi connectivity index (χ1) is 3.68. The van der Waals surface area contributed by atoms with Gasteiger partial charge in [0.05, 0.1) is 0 Å². The van der Waals surface area contributed by atoms with Gasteiger partial charge in [0.1, 0.15) is 6.17 Å². The molecule has 0 aliphatic carbocycles. The molecule has 0 aliphatic heterocycles. The molecule has 0 radical (unpaired) electrons. The Morgan fingerprint density at radius 1 is 1.44 bits per heavy atom. The van der Waals surface area contributed by atoms with Gasteiger partial charge in [-0.05, 0) is 13.0 Å². The molecule has 0 aliphatic rings. The number of hydrogen-bond donors (Lipinski definition) is 1. The molecule has 58 valence electrons. The Balaban J connectivity index is 0. The zero-order chi connectivity index (χ0) is 6.57. The lowest BCUT2D eigenvalue weighted by atomic mass is 10.1. The molecule has 1 atom stereocenters. The van der Waals surface area contributed by atoms with Crippen molar-refractivity contribution in [3.05, 3.63) is 0 Å². The number of hydrogen-bond acceptors (Lipinski definition) is 1. The third-order valence-corrected chi connectivity index (χ3v) is 1.12. The van der Waals surface area contributed by atoms with E-state index in [4.69, 9.17) is 0 Å². The molecule has 0 saturated carbocycles. The summed E-state index contributed by atoms with van der Waals surface area (Å²) >= 11 is 0. The van der Waals surface area contributed by atoms with E-state index in [2.05, 4.69) is 5.32 Å². The van der Waals surface area contributed by atoms with Crippen molar-refractivity contribution in [1.29, 1.82) is 0 Å². The monoisotopic (exact) mass is 155 g/mol. The average molecular weight is 156 g/mol. The molecule has 0 saturated heterocycles. The van der Waals surface area contributed by atoms with Crippen molar-refractivity contribution >= 4 is 12.4 Å². The standard InChI is InChI=1S/C6H14FN.ClH/c1-5(2)6(7)4-8-3;/h5-6,8H,4H2,1-3H3;1H. The highest BCUT2D eigenvalue weighted by Crippen LogP contribution is 2.03. The summed E-state index contributed by atoms with van der Waals surface area (Å²) < 4.78 is 12.5. The maximum absolute atomic E-state index is 12.5. The van der Waals surface area contributed by atoms with Crippen LogP contribution in [0.3, 0.4) is 0 Å². The lowest BCUT2D eigenvalue weighted by Crippen LogP contribution is -2.24. The molecule has 0 aromatic carbocycles. The van der Waals surface area contributed by atoms with Crippen LogP contribution >= 0.6 is 12.4 Å². The molecule has 1 nitrogen and oxygen atoms in total. The second kappa shape index (κ2) is 6.30. The first-order valence-corrected chi connectivity index (χ1v) is 2.97. The van der Waals surface area contributed by atoms with Crippen LogP contribution < -0.4 is 5.32 Å². The summed E-state index contributed by atoms with van der Waals surface area (Å²) in [5, 5.41) is 2.77. The van der Waals surface area contributed by atoms with Gasteiger partial charge in [-0.25, -0.2) is 4.39 Å². The van der Waals surface area contributed by atoms with Crippen molar-refractivity contribution in [3.8, 4) is 0 Å². The predicted molar refractivity (Wildman–Crippen MR) is 40.9 cm³/mol. The van der Waals surface area contributed by atoms with Gasteiger partial charge >= 0.3 is 0 Å². The Kier molecular flexibility index (Phi) is 8.34. The molecule has 0 rings (SSSR count). The third kappa shape index (κ3) is 6.06. The van der Waals surface area contributed by atoms with Gasteiger partial charge in [0, 0.05) is 6.54 Å². The Morgan fingerprint density at radius 3 is 2.00 bits per heavy atom. The minimum Gasteiger partial charge on any atom is -0.317 e. The van der Waals surface area contributed by atoms with Crippen LogP contribution in [0.5, 0.6) is 0 Å². The third-order valence-electron chi connectivity index (χ3n) is 1.12. The van der Waals surface area contributed by atoms with Gasteiger partial charge in [-0.1, -0.05) is 13.8 Å². The summed E-state index contributed by atoms with van der Waals surface area (Å²) in [6.07, 6.45) is -0.694. The largest absolute Gasteiger partial charge is 0.317 e. The first kappa shape index (κ1) is 11.9. The van der Waals surface area contributed by atoms with Crippen LogP contribution in [0.25, 0.3) is 0 Å². The fourth-order valence-corrected chi connectivity index (χ4v) is 0.431. The van der Waals surface area contributed by atoms with E-state index in [0.717, 1.165) is 0 Å². The molecule has 0 aromatic heterocycles. The van der Waals surface area contributed by atoms with Crippen LogP contribution in [0.4, 0.5) is 4.39 Å². The summed E-state index contributed by atoms with van der Waals surface area (Å²) in [6, 6.07) is 0. The van der Waals surface area contributed by atoms with Crippen molar-refractivity contribution in [2.75, 3.05) is 13.6 Å². The molecule has 3 heteroatoms. The predicted octanol–water partition coefficient (Wildman–Crippen LogP) is 1.62. The summed E-state index contributed by atoms with van der Waals surface area (Å²) in [6.45, 7) is 4.22. The number of alkyl halides is 1. The molecule has 1 unspecified atom stereocenters. The van der Waals surface area contributed by atoms with Crippen molar-refractivity contribution in [2.45, 2.75) is 20.0 Å². The van der Waals surface area contributed by atoms with E-state index in [1.807, 2.05) is 13.8 Å². The van der Waals surface area contributed by atoms with Crippen molar-refractivity contribution in [3.63, 3.8) is 0 Å². The summed E-state index contributed by atoms with van der Waals surface area (Å²) in [5.41, 5.74) is 0. The Labute approximate surface area is 62.4 Å². The van der Waals surface area contributed by atoms with Crippen LogP contribution in [0.1, 0.15) is 13.8 Å². The highest BCUT2D eigenvalue weighted by molar-refractivity contribution is 5.85. The molecule has 0 amide bonds. The van der Waals surface area contributed by atoms with Gasteiger partial charge in [-0.15, -0.1) is 12.4 Å². The molecule has 1 N–H and O–H groups in total. The number of halogens is 2. The van der Waals surface area contributed by atoms with E-state index in [-0.39, 0.29) is 18.3 Å². The van der Waals surface area contributed by atoms with E-state index in [0.29, 0.717) is 6.54 Å². The lowest BCUT2D eigenvalue weighted by Gasteiger charge is -2.09. The maximum Gasteiger partial charge on any atom is 0.115 e. The molecular weight excluding hydrogens is 141 g/mol. The smallest absolute Gasteiger partial charge is 0.115 e. The summed E-state index contributed by atoms with van der Waals surface area (Å²) in [4.78, 5) is 0. The van der Waals surface area contributed by atoms with E-state index in [9.17, 15) is 4.39 Å². The Hall–Kier alpha value is 0.180. The van der Waals surface area contributed by atoms with Crippen LogP contribution in [-0.2, 0) is 0 Å². The highest BCUT2D eigenvalue weighted by atomic mass is 35.5. The molecule has 0 fully saturated rings. The second-order valence-corrected chi connectivity index (χ2v) is 2.32. The van der Waals surface area contributed by atoms with Gasteiger partial charge in [-0.2, -0.15) is 0 Å². The van der Waals surface area contributed by atoms with E-state index in [1.165, 1.54) is 0 Å². The minimum atomic E-state index is -0.694. The van der Waals surface area contributed by atoms with Gasteiger partial charge in [0.2, 0.25) is 0 Å². The molecule has 0 bridgehead atoms. The summed E-state index contributed by atoms with van der Waals surface area (Å²) in [5.74, 6) is 0.141. The maximum atomic E-state index is 12.5. The average Bonchev–Trinajstić information content (AvgIpc) is 1.67. The van der Waals surface area contributed by atoms with Gasteiger partial charge < -0.3 is 5.32 Å². The van der Waals surface area contributed by atoms with Crippen molar-refractivity contribution in [1.82, 2.24) is 5.32 Å². The van der Waals surface area contributed by atoms with Crippen LogP contribution in [0.15, 0.2) is 0 Å². The second-order valence-electron chi connectivity index (χ2n) is 2.32.